The number of likely N-dealkylation sites (N-methyl/N-ethyl adjacent to an activating group) is 1. The summed E-state index contributed by atoms with van der Waals surface area (Å²) < 4.78 is 4.63. The molecule has 26 heavy (non-hydrogen) atoms. The molecule has 0 saturated carbocycles. The number of carbonyl (C=O) groups excluding carboxylic acids is 2. The quantitative estimate of drug-likeness (QED) is 0.802. The van der Waals surface area contributed by atoms with Crippen LogP contribution in [0.15, 0.2) is 42.5 Å². The van der Waals surface area contributed by atoms with Gasteiger partial charge in [-0.3, -0.25) is 4.79 Å². The van der Waals surface area contributed by atoms with Crippen LogP contribution in [-0.2, 0) is 11.2 Å². The number of aliphatic hydroxyl groups excluding tert-OH is 1. The third-order valence-electron chi connectivity index (χ3n) is 4.64. The van der Waals surface area contributed by atoms with Crippen molar-refractivity contribution in [3.05, 3.63) is 64.7 Å². The lowest BCUT2D eigenvalue weighted by molar-refractivity contribution is 0.0600. The number of carbonyl (C=O) groups is 2. The van der Waals surface area contributed by atoms with Gasteiger partial charge in [0.25, 0.3) is 5.91 Å². The lowest BCUT2D eigenvalue weighted by Gasteiger charge is -2.15. The molecule has 6 nitrogen and oxygen atoms in total. The Hall–Kier alpha value is -2.86. The molecule has 1 aliphatic heterocycles. The average Bonchev–Trinajstić information content (AvgIpc) is 3.05. The van der Waals surface area contributed by atoms with Crippen LogP contribution >= 0.6 is 0 Å². The fourth-order valence-electron chi connectivity index (χ4n) is 3.08. The summed E-state index contributed by atoms with van der Waals surface area (Å²) in [7, 11) is 3.36. The summed E-state index contributed by atoms with van der Waals surface area (Å²) >= 11 is 0. The number of amides is 1. The number of hydrogen-bond donors (Lipinski definition) is 2. The van der Waals surface area contributed by atoms with E-state index in [1.54, 1.807) is 12.1 Å². The molecule has 136 valence electrons. The summed E-state index contributed by atoms with van der Waals surface area (Å²) in [5.74, 6) is -0.754. The predicted molar refractivity (Wildman–Crippen MR) is 98.5 cm³/mol. The number of nitrogens with zero attached hydrogens (tertiary/aromatic N) is 1. The van der Waals surface area contributed by atoms with E-state index < -0.39 is 12.1 Å². The molecule has 1 atom stereocenters. The van der Waals surface area contributed by atoms with Gasteiger partial charge in [0.05, 0.1) is 18.8 Å². The second-order valence-corrected chi connectivity index (χ2v) is 6.35. The molecule has 0 radical (unpaired) electrons. The Morgan fingerprint density at radius 3 is 2.58 bits per heavy atom. The first kappa shape index (κ1) is 17.9. The maximum absolute atomic E-state index is 12.2. The number of benzene rings is 2. The van der Waals surface area contributed by atoms with E-state index in [0.29, 0.717) is 11.1 Å². The van der Waals surface area contributed by atoms with Crippen LogP contribution in [0.1, 0.15) is 37.9 Å². The molecule has 2 aromatic carbocycles. The topological polar surface area (TPSA) is 78.9 Å². The van der Waals surface area contributed by atoms with E-state index >= 15 is 0 Å². The lowest BCUT2D eigenvalue weighted by atomic mass is 10.0. The fraction of sp³-hybridized carbons (Fsp3) is 0.300. The van der Waals surface area contributed by atoms with Crippen molar-refractivity contribution in [2.75, 3.05) is 32.1 Å². The van der Waals surface area contributed by atoms with Crippen LogP contribution in [0.2, 0.25) is 0 Å². The molecule has 6 heteroatoms. The lowest BCUT2D eigenvalue weighted by Crippen LogP contribution is -2.28. The third-order valence-corrected chi connectivity index (χ3v) is 4.64. The second-order valence-electron chi connectivity index (χ2n) is 6.35. The van der Waals surface area contributed by atoms with Crippen LogP contribution in [-0.4, -0.2) is 44.2 Å². The van der Waals surface area contributed by atoms with Gasteiger partial charge in [-0.1, -0.05) is 12.1 Å². The van der Waals surface area contributed by atoms with Crippen molar-refractivity contribution in [1.82, 2.24) is 5.32 Å². The normalized spacial score (nSPS) is 13.9. The summed E-state index contributed by atoms with van der Waals surface area (Å²) in [5, 5.41) is 13.1. The van der Waals surface area contributed by atoms with Crippen LogP contribution in [0.25, 0.3) is 0 Å². The van der Waals surface area contributed by atoms with E-state index in [9.17, 15) is 14.7 Å². The zero-order valence-corrected chi connectivity index (χ0v) is 14.9. The summed E-state index contributed by atoms with van der Waals surface area (Å²) in [6.07, 6.45) is 0.190. The molecular weight excluding hydrogens is 332 g/mol. The number of anilines is 1. The predicted octanol–water partition coefficient (Wildman–Crippen LogP) is 1.93. The third kappa shape index (κ3) is 3.70. The summed E-state index contributed by atoms with van der Waals surface area (Å²) in [4.78, 5) is 25.8. The van der Waals surface area contributed by atoms with E-state index in [-0.39, 0.29) is 12.5 Å². The smallest absolute Gasteiger partial charge is 0.337 e. The van der Waals surface area contributed by atoms with Gasteiger partial charge in [0.1, 0.15) is 0 Å². The Morgan fingerprint density at radius 2 is 1.88 bits per heavy atom. The van der Waals surface area contributed by atoms with Crippen molar-refractivity contribution in [3.8, 4) is 0 Å². The van der Waals surface area contributed by atoms with Crippen molar-refractivity contribution >= 4 is 17.6 Å². The molecule has 2 aromatic rings. The Balaban J connectivity index is 1.60. The number of esters is 1. The van der Waals surface area contributed by atoms with E-state index in [1.165, 1.54) is 30.5 Å². The molecule has 3 rings (SSSR count). The molecule has 1 unspecified atom stereocenters. The number of hydrogen-bond acceptors (Lipinski definition) is 5. The van der Waals surface area contributed by atoms with Gasteiger partial charge in [-0.2, -0.15) is 0 Å². The molecule has 0 aliphatic carbocycles. The molecule has 0 fully saturated rings. The van der Waals surface area contributed by atoms with Crippen molar-refractivity contribution in [2.24, 2.45) is 0 Å². The first-order valence-corrected chi connectivity index (χ1v) is 8.48. The van der Waals surface area contributed by atoms with Crippen LogP contribution < -0.4 is 10.2 Å². The Kier molecular flexibility index (Phi) is 5.23. The molecule has 1 aliphatic rings. The summed E-state index contributed by atoms with van der Waals surface area (Å²) in [6.45, 7) is 1.10. The van der Waals surface area contributed by atoms with E-state index in [0.717, 1.165) is 18.5 Å². The second kappa shape index (κ2) is 7.58. The maximum atomic E-state index is 12.2. The SMILES string of the molecule is COC(=O)c1ccc(C(=O)NCC(O)c2ccc3c(c2)CCN3C)cc1. The molecule has 0 bridgehead atoms. The van der Waals surface area contributed by atoms with Gasteiger partial charge in [-0.05, 0) is 47.9 Å². The minimum Gasteiger partial charge on any atom is -0.465 e. The highest BCUT2D eigenvalue weighted by atomic mass is 16.5. The maximum Gasteiger partial charge on any atom is 0.337 e. The van der Waals surface area contributed by atoms with Crippen molar-refractivity contribution in [1.29, 1.82) is 0 Å². The van der Waals surface area contributed by atoms with Gasteiger partial charge in [0.2, 0.25) is 0 Å². The van der Waals surface area contributed by atoms with Crippen LogP contribution in [0.3, 0.4) is 0 Å². The van der Waals surface area contributed by atoms with E-state index in [4.69, 9.17) is 0 Å². The van der Waals surface area contributed by atoms with Crippen LogP contribution in [0.4, 0.5) is 5.69 Å². The number of methoxy groups -OCH3 is 1. The van der Waals surface area contributed by atoms with Crippen molar-refractivity contribution in [3.63, 3.8) is 0 Å². The van der Waals surface area contributed by atoms with Crippen molar-refractivity contribution in [2.45, 2.75) is 12.5 Å². The first-order chi connectivity index (χ1) is 12.5. The van der Waals surface area contributed by atoms with E-state index in [1.807, 2.05) is 25.2 Å². The van der Waals surface area contributed by atoms with Gasteiger partial charge in [-0.15, -0.1) is 0 Å². The van der Waals surface area contributed by atoms with Gasteiger partial charge in [-0.25, -0.2) is 4.79 Å². The molecule has 1 heterocycles. The summed E-state index contributed by atoms with van der Waals surface area (Å²) in [5.41, 5.74) is 4.00. The largest absolute Gasteiger partial charge is 0.465 e. The van der Waals surface area contributed by atoms with Crippen molar-refractivity contribution < 1.29 is 19.4 Å². The highest BCUT2D eigenvalue weighted by Gasteiger charge is 2.18. The molecular formula is C20H22N2O4. The molecule has 0 aromatic heterocycles. The highest BCUT2D eigenvalue weighted by Crippen LogP contribution is 2.29. The van der Waals surface area contributed by atoms with E-state index in [2.05, 4.69) is 15.0 Å². The van der Waals surface area contributed by atoms with Gasteiger partial charge < -0.3 is 20.1 Å². The number of ether oxygens (including phenoxy) is 1. The number of nitrogens with one attached hydrogen (secondary N) is 1. The number of rotatable bonds is 5. The molecule has 0 spiro atoms. The Labute approximate surface area is 152 Å². The average molecular weight is 354 g/mol. The highest BCUT2D eigenvalue weighted by molar-refractivity contribution is 5.96. The van der Waals surface area contributed by atoms with Crippen LogP contribution in [0.5, 0.6) is 0 Å². The number of fused-ring (bicyclic) bond motifs is 1. The molecule has 2 N–H and O–H groups in total. The Bertz CT molecular complexity index is 817. The zero-order chi connectivity index (χ0) is 18.7. The minimum atomic E-state index is -0.774. The molecule has 0 saturated heterocycles. The fourth-order valence-corrected chi connectivity index (χ4v) is 3.08. The minimum absolute atomic E-state index is 0.117. The van der Waals surface area contributed by atoms with Gasteiger partial charge in [0.15, 0.2) is 0 Å². The first-order valence-electron chi connectivity index (χ1n) is 8.48. The zero-order valence-electron chi connectivity index (χ0n) is 14.9. The van der Waals surface area contributed by atoms with Crippen LogP contribution in [0, 0.1) is 0 Å². The monoisotopic (exact) mass is 354 g/mol. The Morgan fingerprint density at radius 1 is 1.19 bits per heavy atom. The van der Waals surface area contributed by atoms with Gasteiger partial charge in [0, 0.05) is 31.4 Å². The molecule has 1 amide bonds. The standard InChI is InChI=1S/C20H22N2O4/c1-22-10-9-15-11-16(7-8-17(15)22)18(23)12-21-19(24)13-3-5-14(6-4-13)20(25)26-2/h3-8,11,18,23H,9-10,12H2,1-2H3,(H,21,24). The number of aliphatic hydroxyl groups is 1. The summed E-state index contributed by atoms with van der Waals surface area (Å²) in [6, 6.07) is 12.1. The van der Waals surface area contributed by atoms with Gasteiger partial charge >= 0.3 is 5.97 Å².